The molecular formula is C18H22N4O3. The number of aryl methyl sites for hydroxylation is 1. The molecule has 2 unspecified atom stereocenters. The van der Waals surface area contributed by atoms with Crippen LogP contribution >= 0.6 is 0 Å². The van der Waals surface area contributed by atoms with E-state index in [0.29, 0.717) is 22.9 Å². The van der Waals surface area contributed by atoms with Crippen LogP contribution in [0, 0.1) is 0 Å². The Morgan fingerprint density at radius 1 is 1.08 bits per heavy atom. The van der Waals surface area contributed by atoms with Crippen molar-refractivity contribution in [3.05, 3.63) is 45.0 Å². The summed E-state index contributed by atoms with van der Waals surface area (Å²) in [5.74, 6) is 0.0373. The van der Waals surface area contributed by atoms with E-state index in [1.165, 1.54) is 11.1 Å². The van der Waals surface area contributed by atoms with Crippen LogP contribution in [-0.4, -0.2) is 45.8 Å². The fourth-order valence-electron chi connectivity index (χ4n) is 3.94. The second-order valence-electron chi connectivity index (χ2n) is 6.96. The number of nitrogens with zero attached hydrogens (tertiary/aromatic N) is 2. The first-order valence-electron chi connectivity index (χ1n) is 8.87. The van der Waals surface area contributed by atoms with Crippen LogP contribution in [0.25, 0.3) is 10.8 Å². The van der Waals surface area contributed by atoms with Crippen molar-refractivity contribution in [3.63, 3.8) is 0 Å². The van der Waals surface area contributed by atoms with Crippen molar-refractivity contribution in [1.82, 2.24) is 20.0 Å². The van der Waals surface area contributed by atoms with Gasteiger partial charge in [-0.3, -0.25) is 19.5 Å². The van der Waals surface area contributed by atoms with Crippen LogP contribution in [0.5, 0.6) is 0 Å². The van der Waals surface area contributed by atoms with Crippen molar-refractivity contribution in [3.8, 4) is 0 Å². The lowest BCUT2D eigenvalue weighted by Crippen LogP contribution is -2.40. The maximum Gasteiger partial charge on any atom is 0.273 e. The number of fused-ring (bicyclic) bond motifs is 3. The molecule has 1 amide bonds. The summed E-state index contributed by atoms with van der Waals surface area (Å²) in [6.07, 6.45) is 3.51. The summed E-state index contributed by atoms with van der Waals surface area (Å²) in [7, 11) is 0. The number of hydrogen-bond donors (Lipinski definition) is 2. The molecule has 3 heterocycles. The molecule has 0 aliphatic carbocycles. The average molecular weight is 342 g/mol. The number of aromatic amines is 1. The second-order valence-corrected chi connectivity index (χ2v) is 6.96. The third kappa shape index (κ3) is 3.11. The van der Waals surface area contributed by atoms with Crippen molar-refractivity contribution in [2.45, 2.75) is 44.3 Å². The molecule has 1 aromatic heterocycles. The van der Waals surface area contributed by atoms with E-state index >= 15 is 0 Å². The number of benzene rings is 1. The normalized spacial score (nSPS) is 23.0. The Morgan fingerprint density at radius 2 is 1.84 bits per heavy atom. The third-order valence-electron chi connectivity index (χ3n) is 5.31. The van der Waals surface area contributed by atoms with Crippen LogP contribution in [0.15, 0.2) is 33.9 Å². The smallest absolute Gasteiger partial charge is 0.273 e. The van der Waals surface area contributed by atoms with Gasteiger partial charge in [0, 0.05) is 31.6 Å². The molecule has 2 bridgehead atoms. The van der Waals surface area contributed by atoms with Crippen molar-refractivity contribution < 1.29 is 4.79 Å². The molecule has 1 aromatic carbocycles. The molecule has 2 aliphatic rings. The quantitative estimate of drug-likeness (QED) is 0.847. The van der Waals surface area contributed by atoms with Gasteiger partial charge in [0.15, 0.2) is 0 Å². The van der Waals surface area contributed by atoms with Gasteiger partial charge in [-0.1, -0.05) is 12.1 Å². The zero-order valence-electron chi connectivity index (χ0n) is 14.0. The second kappa shape index (κ2) is 6.48. The number of likely N-dealkylation sites (tertiary alicyclic amines) is 1. The Labute approximate surface area is 144 Å². The Hall–Kier alpha value is -2.41. The highest BCUT2D eigenvalue weighted by Gasteiger charge is 2.30. The molecule has 7 heteroatoms. The minimum absolute atomic E-state index is 0.0373. The van der Waals surface area contributed by atoms with Crippen molar-refractivity contribution in [2.75, 3.05) is 13.1 Å². The fourth-order valence-corrected chi connectivity index (χ4v) is 3.94. The predicted molar refractivity (Wildman–Crippen MR) is 94.6 cm³/mol. The highest BCUT2D eigenvalue weighted by molar-refractivity contribution is 5.80. The molecule has 4 rings (SSSR count). The maximum absolute atomic E-state index is 12.6. The first-order chi connectivity index (χ1) is 12.1. The summed E-state index contributed by atoms with van der Waals surface area (Å²) in [6.45, 7) is 1.68. The number of aromatic nitrogens is 2. The lowest BCUT2D eigenvalue weighted by Gasteiger charge is -2.24. The monoisotopic (exact) mass is 342 g/mol. The van der Waals surface area contributed by atoms with Gasteiger partial charge in [-0.2, -0.15) is 0 Å². The van der Waals surface area contributed by atoms with Crippen LogP contribution in [0.1, 0.15) is 25.7 Å². The third-order valence-corrected chi connectivity index (χ3v) is 5.31. The molecule has 132 valence electrons. The molecule has 2 aliphatic heterocycles. The van der Waals surface area contributed by atoms with Gasteiger partial charge in [-0.25, -0.2) is 4.68 Å². The molecule has 7 nitrogen and oxygen atoms in total. The number of rotatable bonds is 3. The lowest BCUT2D eigenvalue weighted by molar-refractivity contribution is -0.131. The van der Waals surface area contributed by atoms with E-state index in [4.69, 9.17) is 0 Å². The van der Waals surface area contributed by atoms with Gasteiger partial charge in [0.1, 0.15) is 0 Å². The Bertz CT molecular complexity index is 916. The van der Waals surface area contributed by atoms with E-state index < -0.39 is 0 Å². The molecule has 0 saturated carbocycles. The lowest BCUT2D eigenvalue weighted by atomic mass is 10.1. The van der Waals surface area contributed by atoms with Crippen molar-refractivity contribution in [2.24, 2.45) is 0 Å². The van der Waals surface area contributed by atoms with E-state index in [1.807, 2.05) is 4.90 Å². The summed E-state index contributed by atoms with van der Waals surface area (Å²) >= 11 is 0. The first kappa shape index (κ1) is 16.1. The number of H-pyrrole nitrogens is 1. The summed E-state index contributed by atoms with van der Waals surface area (Å²) in [5, 5.41) is 6.90. The van der Waals surface area contributed by atoms with Crippen LogP contribution in [0.3, 0.4) is 0 Å². The van der Waals surface area contributed by atoms with Crippen LogP contribution < -0.4 is 16.4 Å². The standard InChI is InChI=1S/C18H22N4O3/c23-16(21-9-7-12-5-6-13(11-21)19-12)8-10-22-18(25)15-4-2-1-3-14(15)17(24)20-22/h1-4,12-13,19H,5-11H2,(H,20,24). The van der Waals surface area contributed by atoms with E-state index in [0.717, 1.165) is 25.9 Å². The van der Waals surface area contributed by atoms with Gasteiger partial charge in [0.2, 0.25) is 5.91 Å². The minimum atomic E-state index is -0.307. The van der Waals surface area contributed by atoms with Crippen LogP contribution in [0.4, 0.5) is 0 Å². The maximum atomic E-state index is 12.6. The zero-order valence-corrected chi connectivity index (χ0v) is 14.0. The molecular weight excluding hydrogens is 320 g/mol. The molecule has 0 radical (unpaired) electrons. The molecule has 2 N–H and O–H groups in total. The minimum Gasteiger partial charge on any atom is -0.341 e. The molecule has 2 aromatic rings. The van der Waals surface area contributed by atoms with E-state index in [1.54, 1.807) is 24.3 Å². The zero-order chi connectivity index (χ0) is 17.4. The van der Waals surface area contributed by atoms with Crippen LogP contribution in [0.2, 0.25) is 0 Å². The highest BCUT2D eigenvalue weighted by Crippen LogP contribution is 2.20. The van der Waals surface area contributed by atoms with Gasteiger partial charge in [0.05, 0.1) is 17.3 Å². The van der Waals surface area contributed by atoms with Gasteiger partial charge in [-0.15, -0.1) is 0 Å². The van der Waals surface area contributed by atoms with E-state index in [9.17, 15) is 14.4 Å². The average Bonchev–Trinajstić information content (AvgIpc) is 2.95. The highest BCUT2D eigenvalue weighted by atomic mass is 16.2. The topological polar surface area (TPSA) is 87.2 Å². The summed E-state index contributed by atoms with van der Waals surface area (Å²) in [4.78, 5) is 39.0. The fraction of sp³-hybridized carbons (Fsp3) is 0.500. The molecule has 2 fully saturated rings. The summed E-state index contributed by atoms with van der Waals surface area (Å²) in [5.41, 5.74) is -0.571. The summed E-state index contributed by atoms with van der Waals surface area (Å²) in [6, 6.07) is 7.65. The Morgan fingerprint density at radius 3 is 2.68 bits per heavy atom. The summed E-state index contributed by atoms with van der Waals surface area (Å²) < 4.78 is 1.25. The van der Waals surface area contributed by atoms with Gasteiger partial charge in [0.25, 0.3) is 11.1 Å². The van der Waals surface area contributed by atoms with Gasteiger partial charge >= 0.3 is 0 Å². The first-order valence-corrected chi connectivity index (χ1v) is 8.87. The van der Waals surface area contributed by atoms with Crippen LogP contribution in [-0.2, 0) is 11.3 Å². The molecule has 0 spiro atoms. The number of nitrogens with one attached hydrogen (secondary N) is 2. The Balaban J connectivity index is 1.49. The molecule has 2 atom stereocenters. The van der Waals surface area contributed by atoms with Gasteiger partial charge in [-0.05, 0) is 31.4 Å². The predicted octanol–water partition coefficient (Wildman–Crippen LogP) is 0.433. The van der Waals surface area contributed by atoms with E-state index in [2.05, 4.69) is 10.4 Å². The molecule has 25 heavy (non-hydrogen) atoms. The molecule has 2 saturated heterocycles. The van der Waals surface area contributed by atoms with Gasteiger partial charge < -0.3 is 10.2 Å². The number of carbonyl (C=O) groups is 1. The van der Waals surface area contributed by atoms with Crippen molar-refractivity contribution in [1.29, 1.82) is 0 Å². The van der Waals surface area contributed by atoms with E-state index in [-0.39, 0.29) is 30.0 Å². The van der Waals surface area contributed by atoms with Crippen molar-refractivity contribution >= 4 is 16.7 Å². The SMILES string of the molecule is O=C(CCn1[nH]c(=O)c2ccccc2c1=O)N1CCC2CCC(C1)N2. The number of carbonyl (C=O) groups excluding carboxylic acids is 1. The largest absolute Gasteiger partial charge is 0.341 e. The number of amides is 1. The Kier molecular flexibility index (Phi) is 4.17. The number of hydrogen-bond acceptors (Lipinski definition) is 4.